The highest BCUT2D eigenvalue weighted by molar-refractivity contribution is 7.99. The smallest absolute Gasteiger partial charge is 0.190 e. The normalized spacial score (nSPS) is 23.3. The summed E-state index contributed by atoms with van der Waals surface area (Å²) in [6, 6.07) is -0.0499. The number of fused-ring (bicyclic) bond motifs is 2. The van der Waals surface area contributed by atoms with Crippen LogP contribution in [0, 0.1) is 5.82 Å². The van der Waals surface area contributed by atoms with Gasteiger partial charge in [-0.15, -0.1) is 0 Å². The van der Waals surface area contributed by atoms with Crippen LogP contribution in [0.15, 0.2) is 5.16 Å². The predicted octanol–water partition coefficient (Wildman–Crippen LogP) is 2.96. The predicted molar refractivity (Wildman–Crippen MR) is 94.8 cm³/mol. The highest BCUT2D eigenvalue weighted by Gasteiger charge is 2.35. The Morgan fingerprint density at radius 3 is 3.04 bits per heavy atom. The molecule has 0 bridgehead atoms. The van der Waals surface area contributed by atoms with Crippen LogP contribution in [-0.4, -0.2) is 51.6 Å². The molecule has 4 rings (SSSR count). The van der Waals surface area contributed by atoms with Gasteiger partial charge in [-0.25, -0.2) is 19.3 Å². The Bertz CT molecular complexity index is 825. The van der Waals surface area contributed by atoms with E-state index >= 15 is 0 Å². The van der Waals surface area contributed by atoms with Crippen molar-refractivity contribution in [1.82, 2.24) is 15.0 Å². The SMILES string of the molecule is CCSc1nc2c3c(nc(Cl)c(F)c3n1)[C@H](O)C[C@H]1COCCCN21. The maximum absolute atomic E-state index is 14.7. The summed E-state index contributed by atoms with van der Waals surface area (Å²) >= 11 is 7.42. The molecular formula is C16H18ClFN4O2S. The van der Waals surface area contributed by atoms with Gasteiger partial charge in [0.05, 0.1) is 29.8 Å². The third-order valence-corrected chi connectivity index (χ3v) is 5.51. The van der Waals surface area contributed by atoms with Gasteiger partial charge < -0.3 is 14.7 Å². The van der Waals surface area contributed by atoms with E-state index in [-0.39, 0.29) is 16.7 Å². The van der Waals surface area contributed by atoms with Crippen LogP contribution in [0.4, 0.5) is 10.2 Å². The molecule has 2 aromatic heterocycles. The first-order valence-corrected chi connectivity index (χ1v) is 9.68. The Morgan fingerprint density at radius 2 is 2.24 bits per heavy atom. The van der Waals surface area contributed by atoms with Crippen LogP contribution in [0.3, 0.4) is 0 Å². The van der Waals surface area contributed by atoms with Crippen LogP contribution in [0.1, 0.15) is 31.6 Å². The fraction of sp³-hybridized carbons (Fsp3) is 0.562. The lowest BCUT2D eigenvalue weighted by Gasteiger charge is -2.29. The van der Waals surface area contributed by atoms with E-state index in [0.717, 1.165) is 18.7 Å². The highest BCUT2D eigenvalue weighted by Crippen LogP contribution is 2.40. The molecule has 25 heavy (non-hydrogen) atoms. The van der Waals surface area contributed by atoms with Crippen LogP contribution in [0.2, 0.25) is 5.15 Å². The van der Waals surface area contributed by atoms with Gasteiger partial charge in [0.2, 0.25) is 0 Å². The van der Waals surface area contributed by atoms with Crippen LogP contribution in [-0.2, 0) is 4.74 Å². The zero-order valence-corrected chi connectivity index (χ0v) is 15.3. The van der Waals surface area contributed by atoms with Gasteiger partial charge in [-0.05, 0) is 12.2 Å². The number of aromatic nitrogens is 3. The Morgan fingerprint density at radius 1 is 1.40 bits per heavy atom. The molecule has 9 heteroatoms. The number of aliphatic hydroxyl groups excluding tert-OH is 1. The van der Waals surface area contributed by atoms with Gasteiger partial charge in [0.1, 0.15) is 11.3 Å². The average molecular weight is 385 g/mol. The average Bonchev–Trinajstić information content (AvgIpc) is 2.87. The molecule has 0 aliphatic carbocycles. The summed E-state index contributed by atoms with van der Waals surface area (Å²) in [5.74, 6) is 0.720. The molecule has 2 aliphatic heterocycles. The van der Waals surface area contributed by atoms with Crippen LogP contribution < -0.4 is 4.90 Å². The van der Waals surface area contributed by atoms with Crippen molar-refractivity contribution in [1.29, 1.82) is 0 Å². The molecule has 2 atom stereocenters. The summed E-state index contributed by atoms with van der Waals surface area (Å²) in [4.78, 5) is 15.2. The molecule has 4 heterocycles. The topological polar surface area (TPSA) is 71.4 Å². The fourth-order valence-corrected chi connectivity index (χ4v) is 4.19. The van der Waals surface area contributed by atoms with Gasteiger partial charge in [-0.2, -0.15) is 0 Å². The lowest BCUT2D eigenvalue weighted by molar-refractivity contribution is 0.104. The second-order valence-corrected chi connectivity index (χ2v) is 7.70. The molecule has 1 fully saturated rings. The molecule has 2 aliphatic rings. The number of ether oxygens (including phenoxy) is 1. The Hall–Kier alpha value is -1.22. The summed E-state index contributed by atoms with van der Waals surface area (Å²) in [6.45, 7) is 3.87. The summed E-state index contributed by atoms with van der Waals surface area (Å²) in [5, 5.41) is 11.4. The van der Waals surface area contributed by atoms with Crippen molar-refractivity contribution in [2.75, 3.05) is 30.4 Å². The van der Waals surface area contributed by atoms with Crippen molar-refractivity contribution in [3.63, 3.8) is 0 Å². The molecule has 0 aromatic carbocycles. The number of hydrogen-bond donors (Lipinski definition) is 1. The maximum atomic E-state index is 14.7. The molecule has 134 valence electrons. The maximum Gasteiger partial charge on any atom is 0.190 e. The first kappa shape index (κ1) is 17.2. The summed E-state index contributed by atoms with van der Waals surface area (Å²) in [6.07, 6.45) is 0.397. The Labute approximate surface area is 153 Å². The highest BCUT2D eigenvalue weighted by atomic mass is 35.5. The van der Waals surface area contributed by atoms with E-state index in [9.17, 15) is 9.50 Å². The monoisotopic (exact) mass is 384 g/mol. The number of thioether (sulfide) groups is 1. The van der Waals surface area contributed by atoms with Gasteiger partial charge in [-0.3, -0.25) is 0 Å². The number of hydrogen-bond acceptors (Lipinski definition) is 7. The third-order valence-electron chi connectivity index (χ3n) is 4.53. The summed E-state index contributed by atoms with van der Waals surface area (Å²) in [7, 11) is 0. The Kier molecular flexibility index (Phi) is 4.70. The minimum absolute atomic E-state index is 0.0499. The van der Waals surface area contributed by atoms with E-state index in [1.54, 1.807) is 0 Å². The van der Waals surface area contributed by atoms with E-state index in [1.807, 2.05) is 6.92 Å². The number of rotatable bonds is 2. The van der Waals surface area contributed by atoms with Crippen LogP contribution >= 0.6 is 23.4 Å². The number of anilines is 1. The van der Waals surface area contributed by atoms with E-state index in [1.165, 1.54) is 11.8 Å². The van der Waals surface area contributed by atoms with Crippen molar-refractivity contribution < 1.29 is 14.2 Å². The van der Waals surface area contributed by atoms with Crippen molar-refractivity contribution in [2.24, 2.45) is 0 Å². The molecular weight excluding hydrogens is 367 g/mol. The van der Waals surface area contributed by atoms with E-state index in [2.05, 4.69) is 19.9 Å². The molecule has 0 amide bonds. The van der Waals surface area contributed by atoms with Gasteiger partial charge in [-0.1, -0.05) is 30.3 Å². The number of aliphatic hydroxyl groups is 1. The lowest BCUT2D eigenvalue weighted by Crippen LogP contribution is -2.38. The minimum atomic E-state index is -0.871. The van der Waals surface area contributed by atoms with Crippen LogP contribution in [0.5, 0.6) is 0 Å². The molecule has 0 spiro atoms. The second kappa shape index (κ2) is 6.83. The number of halogens is 2. The zero-order chi connectivity index (χ0) is 17.6. The van der Waals surface area contributed by atoms with Crippen LogP contribution in [0.25, 0.3) is 10.9 Å². The van der Waals surface area contributed by atoms with Gasteiger partial charge in [0.25, 0.3) is 0 Å². The molecule has 0 saturated carbocycles. The molecule has 1 saturated heterocycles. The fourth-order valence-electron chi connectivity index (χ4n) is 3.45. The molecule has 6 nitrogen and oxygen atoms in total. The zero-order valence-electron chi connectivity index (χ0n) is 13.7. The first-order valence-electron chi connectivity index (χ1n) is 8.32. The van der Waals surface area contributed by atoms with Gasteiger partial charge in [0, 0.05) is 19.6 Å². The van der Waals surface area contributed by atoms with Crippen molar-refractivity contribution in [3.05, 3.63) is 16.7 Å². The van der Waals surface area contributed by atoms with Crippen molar-refractivity contribution >= 4 is 40.1 Å². The Balaban J connectivity index is 2.03. The van der Waals surface area contributed by atoms with E-state index < -0.39 is 11.9 Å². The van der Waals surface area contributed by atoms with Crippen molar-refractivity contribution in [2.45, 2.75) is 37.1 Å². The number of nitrogens with zero attached hydrogens (tertiary/aromatic N) is 4. The molecule has 2 aromatic rings. The summed E-state index contributed by atoms with van der Waals surface area (Å²) < 4.78 is 20.3. The van der Waals surface area contributed by atoms with Gasteiger partial charge >= 0.3 is 0 Å². The molecule has 1 N–H and O–H groups in total. The standard InChI is InChI=1S/C16H18ClFN4O2S/c1-2-25-16-20-13-10-12(19-14(17)11(13)18)9(23)6-8-7-24-5-3-4-22(8)15(10)21-16/h8-9,23H,2-7H2,1H3/t8-,9+/m0/s1. The van der Waals surface area contributed by atoms with Crippen molar-refractivity contribution in [3.8, 4) is 0 Å². The second-order valence-electron chi connectivity index (χ2n) is 6.12. The third kappa shape index (κ3) is 2.95. The number of pyridine rings is 1. The quantitative estimate of drug-likeness (QED) is 0.485. The minimum Gasteiger partial charge on any atom is -0.387 e. The largest absolute Gasteiger partial charge is 0.387 e. The molecule has 0 unspecified atom stereocenters. The molecule has 0 radical (unpaired) electrons. The first-order chi connectivity index (χ1) is 12.1. The lowest BCUT2D eigenvalue weighted by atomic mass is 10.1. The van der Waals surface area contributed by atoms with E-state index in [0.29, 0.717) is 41.7 Å². The van der Waals surface area contributed by atoms with Gasteiger partial charge in [0.15, 0.2) is 16.1 Å². The van der Waals surface area contributed by atoms with E-state index in [4.69, 9.17) is 16.3 Å². The summed E-state index contributed by atoms with van der Waals surface area (Å²) in [5.41, 5.74) is 0.471.